The van der Waals surface area contributed by atoms with Crippen molar-refractivity contribution in [1.82, 2.24) is 0 Å². The van der Waals surface area contributed by atoms with Crippen molar-refractivity contribution in [3.63, 3.8) is 0 Å². The van der Waals surface area contributed by atoms with Gasteiger partial charge in [0.2, 0.25) is 0 Å². The molecule has 0 atom stereocenters. The van der Waals surface area contributed by atoms with Crippen LogP contribution in [0.1, 0.15) is 12.8 Å². The van der Waals surface area contributed by atoms with Gasteiger partial charge in [0.1, 0.15) is 22.5 Å². The first kappa shape index (κ1) is 17.4. The third kappa shape index (κ3) is 4.57. The molecule has 130 valence electrons. The molecule has 1 aromatic heterocycles. The van der Waals surface area contributed by atoms with Crippen LogP contribution < -0.4 is 14.9 Å². The normalized spacial score (nSPS) is 10.8. The number of fused-ring (bicyclic) bond motifs is 1. The predicted molar refractivity (Wildman–Crippen MR) is 101 cm³/mol. The Morgan fingerprint density at radius 1 is 1.04 bits per heavy atom. The third-order valence-electron chi connectivity index (χ3n) is 3.77. The second-order valence-electron chi connectivity index (χ2n) is 5.49. The number of hydrogen-bond acceptors (Lipinski definition) is 5. The molecule has 0 saturated heterocycles. The lowest BCUT2D eigenvalue weighted by atomic mass is 10.2. The van der Waals surface area contributed by atoms with Crippen LogP contribution in [0.15, 0.2) is 68.9 Å². The molecule has 0 bridgehead atoms. The van der Waals surface area contributed by atoms with E-state index in [0.717, 1.165) is 24.3 Å². The molecule has 2 aromatic carbocycles. The van der Waals surface area contributed by atoms with E-state index in [1.165, 1.54) is 17.2 Å². The minimum Gasteiger partial charge on any atom is -0.497 e. The van der Waals surface area contributed by atoms with Crippen molar-refractivity contribution in [3.8, 4) is 11.5 Å². The lowest BCUT2D eigenvalue weighted by molar-refractivity contribution is 0.313. The highest BCUT2D eigenvalue weighted by molar-refractivity contribution is 7.99. The summed E-state index contributed by atoms with van der Waals surface area (Å²) in [4.78, 5) is 13.2. The Balaban J connectivity index is 1.45. The van der Waals surface area contributed by atoms with Crippen molar-refractivity contribution in [3.05, 3.63) is 65.0 Å². The summed E-state index contributed by atoms with van der Waals surface area (Å²) in [7, 11) is 1.67. The highest BCUT2D eigenvalue weighted by Gasteiger charge is 2.07. The maximum atomic E-state index is 12.0. The van der Waals surface area contributed by atoms with E-state index in [1.807, 2.05) is 36.0 Å². The molecule has 25 heavy (non-hydrogen) atoms. The summed E-state index contributed by atoms with van der Waals surface area (Å²) in [5, 5.41) is 0.512. The molecule has 0 saturated carbocycles. The Labute approximate surface area is 150 Å². The minimum atomic E-state index is -0.0769. The van der Waals surface area contributed by atoms with Crippen LogP contribution in [0.3, 0.4) is 0 Å². The molecule has 5 heteroatoms. The topological polar surface area (TPSA) is 48.7 Å². The maximum Gasteiger partial charge on any atom is 0.196 e. The average molecular weight is 356 g/mol. The smallest absolute Gasteiger partial charge is 0.196 e. The van der Waals surface area contributed by atoms with E-state index in [-0.39, 0.29) is 5.43 Å². The number of methoxy groups -OCH3 is 1. The summed E-state index contributed by atoms with van der Waals surface area (Å²) in [6.07, 6.45) is 3.37. The van der Waals surface area contributed by atoms with Gasteiger partial charge in [0.15, 0.2) is 5.43 Å². The third-order valence-corrected chi connectivity index (χ3v) is 4.87. The van der Waals surface area contributed by atoms with Crippen molar-refractivity contribution in [2.24, 2.45) is 0 Å². The molecule has 0 N–H and O–H groups in total. The first-order chi connectivity index (χ1) is 12.3. The maximum absolute atomic E-state index is 12.0. The van der Waals surface area contributed by atoms with E-state index in [9.17, 15) is 4.79 Å². The number of rotatable bonds is 8. The van der Waals surface area contributed by atoms with Gasteiger partial charge in [-0.2, -0.15) is 0 Å². The predicted octanol–water partition coefficient (Wildman–Crippen LogP) is 4.75. The minimum absolute atomic E-state index is 0.0769. The fourth-order valence-electron chi connectivity index (χ4n) is 2.47. The molecular formula is C20H20O4S. The van der Waals surface area contributed by atoms with Crippen molar-refractivity contribution >= 4 is 22.7 Å². The van der Waals surface area contributed by atoms with Crippen molar-refractivity contribution in [2.75, 3.05) is 19.5 Å². The molecule has 0 aliphatic carbocycles. The quantitative estimate of drug-likeness (QED) is 0.430. The van der Waals surface area contributed by atoms with Crippen LogP contribution in [0.25, 0.3) is 11.0 Å². The van der Waals surface area contributed by atoms with Gasteiger partial charge in [-0.25, -0.2) is 0 Å². The fourth-order valence-corrected chi connectivity index (χ4v) is 3.39. The van der Waals surface area contributed by atoms with E-state index in [2.05, 4.69) is 12.1 Å². The SMILES string of the molecule is COc1ccc(SCCCCOc2cccc3occc(=O)c23)cc1. The van der Waals surface area contributed by atoms with E-state index in [0.29, 0.717) is 23.3 Å². The highest BCUT2D eigenvalue weighted by atomic mass is 32.2. The van der Waals surface area contributed by atoms with Crippen molar-refractivity contribution in [1.29, 1.82) is 0 Å². The summed E-state index contributed by atoms with van der Waals surface area (Å²) in [5.74, 6) is 2.49. The zero-order valence-corrected chi connectivity index (χ0v) is 14.9. The first-order valence-electron chi connectivity index (χ1n) is 8.18. The van der Waals surface area contributed by atoms with Crippen LogP contribution >= 0.6 is 11.8 Å². The second-order valence-corrected chi connectivity index (χ2v) is 6.66. The average Bonchev–Trinajstić information content (AvgIpc) is 2.65. The molecule has 0 amide bonds. The van der Waals surface area contributed by atoms with Crippen LogP contribution in [0.4, 0.5) is 0 Å². The van der Waals surface area contributed by atoms with Gasteiger partial charge in [0.25, 0.3) is 0 Å². The lowest BCUT2D eigenvalue weighted by Crippen LogP contribution is -2.04. The monoisotopic (exact) mass is 356 g/mol. The van der Waals surface area contributed by atoms with Gasteiger partial charge < -0.3 is 13.9 Å². The molecule has 0 fully saturated rings. The van der Waals surface area contributed by atoms with E-state index < -0.39 is 0 Å². The summed E-state index contributed by atoms with van der Waals surface area (Å²) in [6, 6.07) is 14.9. The summed E-state index contributed by atoms with van der Waals surface area (Å²) < 4.78 is 16.3. The molecule has 0 unspecified atom stereocenters. The van der Waals surface area contributed by atoms with Gasteiger partial charge in [-0.1, -0.05) is 6.07 Å². The fraction of sp³-hybridized carbons (Fsp3) is 0.250. The van der Waals surface area contributed by atoms with Crippen molar-refractivity contribution in [2.45, 2.75) is 17.7 Å². The second kappa shape index (κ2) is 8.62. The molecule has 0 spiro atoms. The molecule has 3 aromatic rings. The van der Waals surface area contributed by atoms with E-state index in [4.69, 9.17) is 13.9 Å². The molecule has 0 aliphatic heterocycles. The lowest BCUT2D eigenvalue weighted by Gasteiger charge is -2.08. The summed E-state index contributed by atoms with van der Waals surface area (Å²) in [6.45, 7) is 0.580. The van der Waals surface area contributed by atoms with E-state index in [1.54, 1.807) is 13.2 Å². The van der Waals surface area contributed by atoms with Crippen LogP contribution in [0, 0.1) is 0 Å². The Kier molecular flexibility index (Phi) is 6.01. The van der Waals surface area contributed by atoms with Crippen LogP contribution in [0.2, 0.25) is 0 Å². The summed E-state index contributed by atoms with van der Waals surface area (Å²) >= 11 is 1.81. The highest BCUT2D eigenvalue weighted by Crippen LogP contribution is 2.24. The Hall–Kier alpha value is -2.40. The largest absolute Gasteiger partial charge is 0.497 e. The Bertz CT molecular complexity index is 865. The van der Waals surface area contributed by atoms with Gasteiger partial charge >= 0.3 is 0 Å². The number of benzene rings is 2. The molecule has 0 radical (unpaired) electrons. The zero-order chi connectivity index (χ0) is 17.5. The molecule has 3 rings (SSSR count). The van der Waals surface area contributed by atoms with Crippen molar-refractivity contribution < 1.29 is 13.9 Å². The summed E-state index contributed by atoms with van der Waals surface area (Å²) in [5.41, 5.74) is 0.479. The molecular weight excluding hydrogens is 336 g/mol. The van der Waals surface area contributed by atoms with Crippen LogP contribution in [-0.4, -0.2) is 19.5 Å². The van der Waals surface area contributed by atoms with Gasteiger partial charge in [-0.05, 0) is 55.0 Å². The number of ether oxygens (including phenoxy) is 2. The number of unbranched alkanes of at least 4 members (excludes halogenated alkanes) is 1. The standard InChI is InChI=1S/C20H20O4S/c1-22-15-7-9-16(10-8-15)25-14-3-2-12-23-18-5-4-6-19-20(18)17(21)11-13-24-19/h4-11,13H,2-3,12,14H2,1H3. The molecule has 4 nitrogen and oxygen atoms in total. The van der Waals surface area contributed by atoms with E-state index >= 15 is 0 Å². The Morgan fingerprint density at radius 3 is 2.68 bits per heavy atom. The van der Waals surface area contributed by atoms with Gasteiger partial charge in [0.05, 0.1) is 20.0 Å². The van der Waals surface area contributed by atoms with Gasteiger partial charge in [0, 0.05) is 11.0 Å². The Morgan fingerprint density at radius 2 is 1.88 bits per heavy atom. The van der Waals surface area contributed by atoms with Crippen LogP contribution in [0.5, 0.6) is 11.5 Å². The number of hydrogen-bond donors (Lipinski definition) is 0. The zero-order valence-electron chi connectivity index (χ0n) is 14.1. The first-order valence-corrected chi connectivity index (χ1v) is 9.16. The molecule has 1 heterocycles. The molecule has 0 aliphatic rings. The number of thioether (sulfide) groups is 1. The van der Waals surface area contributed by atoms with Gasteiger partial charge in [-0.15, -0.1) is 11.8 Å². The van der Waals surface area contributed by atoms with Gasteiger partial charge in [-0.3, -0.25) is 4.79 Å². The van der Waals surface area contributed by atoms with Crippen LogP contribution in [-0.2, 0) is 0 Å².